The van der Waals surface area contributed by atoms with Gasteiger partial charge in [-0.05, 0) is 12.8 Å². The fourth-order valence-electron chi connectivity index (χ4n) is 1.02. The molecule has 2 nitrogen and oxygen atoms in total. The van der Waals surface area contributed by atoms with Gasteiger partial charge in [-0.15, -0.1) is 11.6 Å². The number of unbranched alkanes of at least 4 members (excludes halogenated alkanes) is 1. The Balaban J connectivity index is 2.54. The minimum atomic E-state index is 0.565. The van der Waals surface area contributed by atoms with E-state index in [4.69, 9.17) is 11.6 Å². The van der Waals surface area contributed by atoms with Crippen molar-refractivity contribution in [3.05, 3.63) is 17.5 Å². The van der Waals surface area contributed by atoms with Gasteiger partial charge in [0.25, 0.3) is 0 Å². The Kier molecular flexibility index (Phi) is 3.43. The Labute approximate surface area is 72.0 Å². The van der Waals surface area contributed by atoms with Gasteiger partial charge in [-0.3, -0.25) is 5.10 Å². The van der Waals surface area contributed by atoms with E-state index in [9.17, 15) is 0 Å². The summed E-state index contributed by atoms with van der Waals surface area (Å²) in [4.78, 5) is 0. The molecule has 1 aromatic rings. The van der Waals surface area contributed by atoms with Crippen LogP contribution in [0.1, 0.15) is 31.0 Å². The zero-order valence-corrected chi connectivity index (χ0v) is 7.49. The van der Waals surface area contributed by atoms with Gasteiger partial charge in [0.2, 0.25) is 0 Å². The highest BCUT2D eigenvalue weighted by Gasteiger charge is 2.02. The van der Waals surface area contributed by atoms with Gasteiger partial charge in [0.15, 0.2) is 0 Å². The lowest BCUT2D eigenvalue weighted by Crippen LogP contribution is -1.89. The van der Waals surface area contributed by atoms with Crippen LogP contribution in [0.15, 0.2) is 6.20 Å². The molecule has 0 atom stereocenters. The quantitative estimate of drug-likeness (QED) is 0.695. The third-order valence-corrected chi connectivity index (χ3v) is 2.01. The Hall–Kier alpha value is -0.500. The van der Waals surface area contributed by atoms with E-state index < -0.39 is 0 Å². The molecule has 0 spiro atoms. The third kappa shape index (κ3) is 2.22. The van der Waals surface area contributed by atoms with Gasteiger partial charge in [-0.2, -0.15) is 5.10 Å². The van der Waals surface area contributed by atoms with Crippen molar-refractivity contribution in [2.45, 2.75) is 32.1 Å². The number of nitrogens with zero attached hydrogens (tertiary/aromatic N) is 1. The molecule has 0 aliphatic heterocycles. The molecule has 1 aromatic heterocycles. The van der Waals surface area contributed by atoms with Crippen LogP contribution in [0, 0.1) is 0 Å². The number of aromatic amines is 1. The highest BCUT2D eigenvalue weighted by molar-refractivity contribution is 6.17. The maximum absolute atomic E-state index is 5.69. The summed E-state index contributed by atoms with van der Waals surface area (Å²) in [6.07, 6.45) is 5.31. The van der Waals surface area contributed by atoms with E-state index in [1.54, 1.807) is 0 Å². The van der Waals surface area contributed by atoms with Crippen LogP contribution in [-0.4, -0.2) is 10.2 Å². The first-order valence-electron chi connectivity index (χ1n) is 3.96. The molecule has 0 aliphatic carbocycles. The number of alkyl halides is 1. The van der Waals surface area contributed by atoms with Crippen molar-refractivity contribution in [1.82, 2.24) is 10.2 Å². The summed E-state index contributed by atoms with van der Waals surface area (Å²) in [7, 11) is 0. The Morgan fingerprint density at radius 3 is 3.09 bits per heavy atom. The van der Waals surface area contributed by atoms with Gasteiger partial charge in [0.05, 0.1) is 11.6 Å². The van der Waals surface area contributed by atoms with E-state index in [1.165, 1.54) is 12.8 Å². The smallest absolute Gasteiger partial charge is 0.0666 e. The maximum atomic E-state index is 5.69. The summed E-state index contributed by atoms with van der Waals surface area (Å²) in [6, 6.07) is 0. The van der Waals surface area contributed by atoms with E-state index in [2.05, 4.69) is 17.1 Å². The molecule has 0 aromatic carbocycles. The van der Waals surface area contributed by atoms with Gasteiger partial charge < -0.3 is 0 Å². The van der Waals surface area contributed by atoms with E-state index >= 15 is 0 Å². The molecule has 62 valence electrons. The number of aryl methyl sites for hydroxylation is 1. The largest absolute Gasteiger partial charge is 0.285 e. The fraction of sp³-hybridized carbons (Fsp3) is 0.625. The molecule has 0 unspecified atom stereocenters. The molecule has 0 saturated carbocycles. The SMILES string of the molecule is CCCCc1n[nH]cc1CCl. The van der Waals surface area contributed by atoms with E-state index in [-0.39, 0.29) is 0 Å². The number of hydrogen-bond donors (Lipinski definition) is 1. The molecule has 1 heterocycles. The minimum Gasteiger partial charge on any atom is -0.285 e. The predicted molar refractivity (Wildman–Crippen MR) is 46.8 cm³/mol. The monoisotopic (exact) mass is 172 g/mol. The highest BCUT2D eigenvalue weighted by atomic mass is 35.5. The predicted octanol–water partition coefficient (Wildman–Crippen LogP) is 2.49. The molecule has 3 heteroatoms. The zero-order valence-electron chi connectivity index (χ0n) is 6.73. The van der Waals surface area contributed by atoms with Crippen LogP contribution in [0.3, 0.4) is 0 Å². The van der Waals surface area contributed by atoms with Crippen molar-refractivity contribution in [1.29, 1.82) is 0 Å². The van der Waals surface area contributed by atoms with E-state index in [0.29, 0.717) is 5.88 Å². The van der Waals surface area contributed by atoms with Crippen molar-refractivity contribution < 1.29 is 0 Å². The first-order valence-corrected chi connectivity index (χ1v) is 4.49. The number of hydrogen-bond acceptors (Lipinski definition) is 1. The number of H-pyrrole nitrogens is 1. The maximum Gasteiger partial charge on any atom is 0.0666 e. The van der Waals surface area contributed by atoms with E-state index in [0.717, 1.165) is 17.7 Å². The lowest BCUT2D eigenvalue weighted by molar-refractivity contribution is 0.768. The number of rotatable bonds is 4. The third-order valence-electron chi connectivity index (χ3n) is 1.72. The average Bonchev–Trinajstić information content (AvgIpc) is 2.47. The van der Waals surface area contributed by atoms with Gasteiger partial charge in [0.1, 0.15) is 0 Å². The second-order valence-electron chi connectivity index (χ2n) is 2.59. The van der Waals surface area contributed by atoms with Gasteiger partial charge in [0, 0.05) is 11.8 Å². The van der Waals surface area contributed by atoms with Crippen LogP contribution in [0.5, 0.6) is 0 Å². The number of halogens is 1. The van der Waals surface area contributed by atoms with Crippen molar-refractivity contribution in [3.8, 4) is 0 Å². The molecule has 11 heavy (non-hydrogen) atoms. The second kappa shape index (κ2) is 4.39. The van der Waals surface area contributed by atoms with Gasteiger partial charge in [-0.1, -0.05) is 13.3 Å². The van der Waals surface area contributed by atoms with Crippen molar-refractivity contribution in [2.75, 3.05) is 0 Å². The summed E-state index contributed by atoms with van der Waals surface area (Å²) >= 11 is 5.69. The molecule has 1 rings (SSSR count). The molecular formula is C8H13ClN2. The van der Waals surface area contributed by atoms with Crippen LogP contribution in [-0.2, 0) is 12.3 Å². The summed E-state index contributed by atoms with van der Waals surface area (Å²) in [5.74, 6) is 0.565. The topological polar surface area (TPSA) is 28.7 Å². The minimum absolute atomic E-state index is 0.565. The van der Waals surface area contributed by atoms with Crippen LogP contribution in [0.25, 0.3) is 0 Å². The highest BCUT2D eigenvalue weighted by Crippen LogP contribution is 2.10. The summed E-state index contributed by atoms with van der Waals surface area (Å²) < 4.78 is 0. The zero-order chi connectivity index (χ0) is 8.10. The molecule has 0 bridgehead atoms. The van der Waals surface area contributed by atoms with Crippen LogP contribution in [0.4, 0.5) is 0 Å². The summed E-state index contributed by atoms with van der Waals surface area (Å²) in [5.41, 5.74) is 2.27. The lowest BCUT2D eigenvalue weighted by atomic mass is 10.1. The van der Waals surface area contributed by atoms with Gasteiger partial charge in [-0.25, -0.2) is 0 Å². The number of nitrogens with one attached hydrogen (secondary N) is 1. The molecule has 0 aliphatic rings. The van der Waals surface area contributed by atoms with Crippen LogP contribution in [0.2, 0.25) is 0 Å². The summed E-state index contributed by atoms with van der Waals surface area (Å²) in [6.45, 7) is 2.17. The molecule has 0 saturated heterocycles. The lowest BCUT2D eigenvalue weighted by Gasteiger charge is -1.95. The molecule has 0 amide bonds. The molecular weight excluding hydrogens is 160 g/mol. The van der Waals surface area contributed by atoms with Crippen molar-refractivity contribution >= 4 is 11.6 Å². The van der Waals surface area contributed by atoms with Crippen LogP contribution >= 0.6 is 11.6 Å². The first kappa shape index (κ1) is 8.60. The van der Waals surface area contributed by atoms with E-state index in [1.807, 2.05) is 6.20 Å². The Morgan fingerprint density at radius 2 is 2.45 bits per heavy atom. The Bertz CT molecular complexity index is 208. The molecule has 0 fully saturated rings. The summed E-state index contributed by atoms with van der Waals surface area (Å²) in [5, 5.41) is 6.94. The Morgan fingerprint density at radius 1 is 1.64 bits per heavy atom. The van der Waals surface area contributed by atoms with Crippen LogP contribution < -0.4 is 0 Å². The number of aromatic nitrogens is 2. The van der Waals surface area contributed by atoms with Crippen molar-refractivity contribution in [3.63, 3.8) is 0 Å². The van der Waals surface area contributed by atoms with Gasteiger partial charge >= 0.3 is 0 Å². The second-order valence-corrected chi connectivity index (χ2v) is 2.86. The van der Waals surface area contributed by atoms with Crippen molar-refractivity contribution in [2.24, 2.45) is 0 Å². The normalized spacial score (nSPS) is 10.4. The molecule has 1 N–H and O–H groups in total. The first-order chi connectivity index (χ1) is 5.38. The molecule has 0 radical (unpaired) electrons. The fourth-order valence-corrected chi connectivity index (χ4v) is 1.25. The standard InChI is InChI=1S/C8H13ClN2/c1-2-3-4-8-7(5-9)6-10-11-8/h6H,2-5H2,1H3,(H,10,11). The average molecular weight is 173 g/mol.